The second-order valence-electron chi connectivity index (χ2n) is 3.57. The summed E-state index contributed by atoms with van der Waals surface area (Å²) < 4.78 is 1.29. The molecule has 1 saturated heterocycles. The fourth-order valence-electron chi connectivity index (χ4n) is 1.77. The van der Waals surface area contributed by atoms with Crippen LogP contribution in [0.4, 0.5) is 0 Å². The molecule has 0 spiro atoms. The number of halogens is 1. The zero-order chi connectivity index (χ0) is 9.54. The van der Waals surface area contributed by atoms with Gasteiger partial charge in [-0.15, -0.1) is 11.3 Å². The molecule has 1 aliphatic heterocycles. The topological polar surface area (TPSA) is 12.0 Å². The lowest BCUT2D eigenvalue weighted by Gasteiger charge is -2.26. The average molecular weight is 224 g/mol. The fourth-order valence-corrected chi connectivity index (χ4v) is 3.44. The maximum atomic E-state index is 6.34. The molecule has 0 aliphatic carbocycles. The smallest absolute Gasteiger partial charge is 0.0639 e. The summed E-state index contributed by atoms with van der Waals surface area (Å²) in [6, 6.07) is 8.83. The molecule has 1 N–H and O–H groups in total. The molecule has 1 fully saturated rings. The molecule has 2 aromatic rings. The molecule has 0 radical (unpaired) electrons. The van der Waals surface area contributed by atoms with E-state index in [0.29, 0.717) is 6.04 Å². The molecule has 0 amide bonds. The van der Waals surface area contributed by atoms with Gasteiger partial charge < -0.3 is 5.32 Å². The first-order chi connectivity index (χ1) is 6.86. The van der Waals surface area contributed by atoms with E-state index in [4.69, 9.17) is 11.6 Å². The highest BCUT2D eigenvalue weighted by Gasteiger charge is 2.23. The normalized spacial score (nSPS) is 21.1. The standard InChI is InChI=1S/C11H10ClNS/c12-10-7-3-1-2-4-9(7)14-11(10)8-5-6-13-8/h1-4,8,13H,5-6H2. The van der Waals surface area contributed by atoms with Gasteiger partial charge in [0.05, 0.1) is 5.02 Å². The summed E-state index contributed by atoms with van der Waals surface area (Å²) in [7, 11) is 0. The van der Waals surface area contributed by atoms with Gasteiger partial charge in [0.1, 0.15) is 0 Å². The third-order valence-corrected chi connectivity index (χ3v) is 4.50. The summed E-state index contributed by atoms with van der Waals surface area (Å²) >= 11 is 8.15. The maximum Gasteiger partial charge on any atom is 0.0639 e. The third kappa shape index (κ3) is 1.18. The molecule has 3 heteroatoms. The second-order valence-corrected chi connectivity index (χ2v) is 5.03. The zero-order valence-electron chi connectivity index (χ0n) is 7.59. The van der Waals surface area contributed by atoms with Crippen LogP contribution < -0.4 is 5.32 Å². The lowest BCUT2D eigenvalue weighted by atomic mass is 10.1. The van der Waals surface area contributed by atoms with Crippen LogP contribution in [0.2, 0.25) is 5.02 Å². The van der Waals surface area contributed by atoms with E-state index in [1.165, 1.54) is 21.4 Å². The molecule has 14 heavy (non-hydrogen) atoms. The molecule has 1 aliphatic rings. The van der Waals surface area contributed by atoms with Crippen molar-refractivity contribution in [3.63, 3.8) is 0 Å². The Labute approximate surface area is 91.7 Å². The van der Waals surface area contributed by atoms with Crippen LogP contribution in [0.3, 0.4) is 0 Å². The summed E-state index contributed by atoms with van der Waals surface area (Å²) in [5.74, 6) is 0. The van der Waals surface area contributed by atoms with Crippen LogP contribution in [0.15, 0.2) is 24.3 Å². The number of hydrogen-bond acceptors (Lipinski definition) is 2. The largest absolute Gasteiger partial charge is 0.309 e. The molecular formula is C11H10ClNS. The zero-order valence-corrected chi connectivity index (χ0v) is 9.16. The van der Waals surface area contributed by atoms with Gasteiger partial charge in [-0.3, -0.25) is 0 Å². The molecule has 0 bridgehead atoms. The van der Waals surface area contributed by atoms with Crippen molar-refractivity contribution in [2.75, 3.05) is 6.54 Å². The van der Waals surface area contributed by atoms with Crippen LogP contribution in [0.5, 0.6) is 0 Å². The second kappa shape index (κ2) is 3.23. The van der Waals surface area contributed by atoms with Gasteiger partial charge in [0.2, 0.25) is 0 Å². The molecule has 1 aromatic heterocycles. The number of fused-ring (bicyclic) bond motifs is 1. The molecule has 1 nitrogen and oxygen atoms in total. The minimum atomic E-state index is 0.500. The third-order valence-electron chi connectivity index (χ3n) is 2.70. The molecule has 3 rings (SSSR count). The Morgan fingerprint density at radius 3 is 2.79 bits per heavy atom. The van der Waals surface area contributed by atoms with Crippen LogP contribution in [0.25, 0.3) is 10.1 Å². The van der Waals surface area contributed by atoms with E-state index in [0.717, 1.165) is 11.6 Å². The van der Waals surface area contributed by atoms with Gasteiger partial charge in [0, 0.05) is 21.0 Å². The summed E-state index contributed by atoms with van der Waals surface area (Å²) in [5.41, 5.74) is 0. The fraction of sp³-hybridized carbons (Fsp3) is 0.273. The van der Waals surface area contributed by atoms with Gasteiger partial charge in [0.15, 0.2) is 0 Å². The molecule has 72 valence electrons. The summed E-state index contributed by atoms with van der Waals surface area (Å²) in [4.78, 5) is 1.30. The Kier molecular flexibility index (Phi) is 2.01. The first kappa shape index (κ1) is 8.72. The van der Waals surface area contributed by atoms with Gasteiger partial charge in [-0.2, -0.15) is 0 Å². The molecule has 0 saturated carbocycles. The first-order valence-corrected chi connectivity index (χ1v) is 5.96. The Hall–Kier alpha value is -0.570. The predicted octanol–water partition coefficient (Wildman–Crippen LogP) is 3.59. The highest BCUT2D eigenvalue weighted by atomic mass is 35.5. The Balaban J connectivity index is 2.19. The van der Waals surface area contributed by atoms with Crippen molar-refractivity contribution < 1.29 is 0 Å². The van der Waals surface area contributed by atoms with Crippen molar-refractivity contribution in [2.45, 2.75) is 12.5 Å². The van der Waals surface area contributed by atoms with Gasteiger partial charge in [-0.25, -0.2) is 0 Å². The van der Waals surface area contributed by atoms with Gasteiger partial charge in [-0.1, -0.05) is 29.8 Å². The van der Waals surface area contributed by atoms with E-state index in [1.807, 2.05) is 17.4 Å². The van der Waals surface area contributed by atoms with Crippen LogP contribution in [0, 0.1) is 0 Å². The molecule has 1 aromatic carbocycles. The minimum Gasteiger partial charge on any atom is -0.309 e. The van der Waals surface area contributed by atoms with Crippen molar-refractivity contribution >= 4 is 33.0 Å². The number of thiophene rings is 1. The van der Waals surface area contributed by atoms with E-state index in [9.17, 15) is 0 Å². The van der Waals surface area contributed by atoms with Crippen molar-refractivity contribution in [3.05, 3.63) is 34.2 Å². The molecule has 2 heterocycles. The van der Waals surface area contributed by atoms with Crippen LogP contribution in [0.1, 0.15) is 17.3 Å². The monoisotopic (exact) mass is 223 g/mol. The Morgan fingerprint density at radius 1 is 1.36 bits per heavy atom. The van der Waals surface area contributed by atoms with Crippen molar-refractivity contribution in [1.29, 1.82) is 0 Å². The highest BCUT2D eigenvalue weighted by molar-refractivity contribution is 7.19. The maximum absolute atomic E-state index is 6.34. The van der Waals surface area contributed by atoms with E-state index in [1.54, 1.807) is 0 Å². The summed E-state index contributed by atoms with van der Waals surface area (Å²) in [5, 5.41) is 5.53. The Morgan fingerprint density at radius 2 is 2.14 bits per heavy atom. The average Bonchev–Trinajstić information content (AvgIpc) is 2.43. The SMILES string of the molecule is Clc1c(C2CCN2)sc2ccccc12. The quantitative estimate of drug-likeness (QED) is 0.779. The van der Waals surface area contributed by atoms with Crippen molar-refractivity contribution in [3.8, 4) is 0 Å². The lowest BCUT2D eigenvalue weighted by Crippen LogP contribution is -2.34. The summed E-state index contributed by atoms with van der Waals surface area (Å²) in [6.45, 7) is 1.12. The minimum absolute atomic E-state index is 0.500. The highest BCUT2D eigenvalue weighted by Crippen LogP contribution is 2.41. The Bertz CT molecular complexity index is 473. The van der Waals surface area contributed by atoms with Gasteiger partial charge in [-0.05, 0) is 19.0 Å². The number of rotatable bonds is 1. The van der Waals surface area contributed by atoms with E-state index < -0.39 is 0 Å². The lowest BCUT2D eigenvalue weighted by molar-refractivity contribution is 0.389. The number of benzene rings is 1. The predicted molar refractivity (Wildman–Crippen MR) is 62.2 cm³/mol. The summed E-state index contributed by atoms with van der Waals surface area (Å²) in [6.07, 6.45) is 1.21. The van der Waals surface area contributed by atoms with Gasteiger partial charge >= 0.3 is 0 Å². The molecular weight excluding hydrogens is 214 g/mol. The van der Waals surface area contributed by atoms with Crippen LogP contribution >= 0.6 is 22.9 Å². The van der Waals surface area contributed by atoms with Crippen molar-refractivity contribution in [2.24, 2.45) is 0 Å². The van der Waals surface area contributed by atoms with Gasteiger partial charge in [0.25, 0.3) is 0 Å². The first-order valence-electron chi connectivity index (χ1n) is 4.76. The van der Waals surface area contributed by atoms with E-state index in [2.05, 4.69) is 23.5 Å². The molecule has 1 unspecified atom stereocenters. The van der Waals surface area contributed by atoms with Crippen LogP contribution in [-0.2, 0) is 0 Å². The molecule has 1 atom stereocenters. The van der Waals surface area contributed by atoms with Crippen LogP contribution in [-0.4, -0.2) is 6.54 Å². The van der Waals surface area contributed by atoms with E-state index in [-0.39, 0.29) is 0 Å². The van der Waals surface area contributed by atoms with E-state index >= 15 is 0 Å². The van der Waals surface area contributed by atoms with Crippen molar-refractivity contribution in [1.82, 2.24) is 5.32 Å². The number of hydrogen-bond donors (Lipinski definition) is 1. The number of nitrogens with one attached hydrogen (secondary N) is 1.